The van der Waals surface area contributed by atoms with Gasteiger partial charge >= 0.3 is 0 Å². The molecule has 0 unspecified atom stereocenters. The predicted octanol–water partition coefficient (Wildman–Crippen LogP) is 3.55. The van der Waals surface area contributed by atoms with Gasteiger partial charge in [-0.2, -0.15) is 0 Å². The Balaban J connectivity index is 2.72. The first-order valence-electron chi connectivity index (χ1n) is 4.94. The van der Waals surface area contributed by atoms with Crippen molar-refractivity contribution in [2.45, 2.75) is 26.7 Å². The number of benzene rings is 1. The maximum absolute atomic E-state index is 5.79. The first-order valence-corrected chi connectivity index (χ1v) is 5.74. The summed E-state index contributed by atoms with van der Waals surface area (Å²) in [6.45, 7) is 5.22. The third-order valence-corrected chi connectivity index (χ3v) is 2.86. The van der Waals surface area contributed by atoms with Crippen molar-refractivity contribution in [3.05, 3.63) is 22.2 Å². The van der Waals surface area contributed by atoms with Crippen molar-refractivity contribution >= 4 is 27.3 Å². The van der Waals surface area contributed by atoms with Crippen molar-refractivity contribution in [1.29, 1.82) is 0 Å². The Bertz CT molecular complexity index is 310. The minimum Gasteiger partial charge on any atom is -0.398 e. The summed E-state index contributed by atoms with van der Waals surface area (Å²) in [7, 11) is 0. The predicted molar refractivity (Wildman–Crippen MR) is 66.7 cm³/mol. The Morgan fingerprint density at radius 1 is 1.43 bits per heavy atom. The van der Waals surface area contributed by atoms with Crippen molar-refractivity contribution in [3.8, 4) is 0 Å². The van der Waals surface area contributed by atoms with Gasteiger partial charge in [0.25, 0.3) is 0 Å². The van der Waals surface area contributed by atoms with Gasteiger partial charge in [0, 0.05) is 22.4 Å². The van der Waals surface area contributed by atoms with E-state index < -0.39 is 0 Å². The summed E-state index contributed by atoms with van der Waals surface area (Å²) in [5.74, 6) is 0. The fraction of sp³-hybridized carbons (Fsp3) is 0.455. The molecule has 0 aliphatic carbocycles. The van der Waals surface area contributed by atoms with Gasteiger partial charge in [-0.15, -0.1) is 0 Å². The molecule has 1 aromatic carbocycles. The standard InChI is InChI=1S/C11H17BrN2/c1-3-4-5-14-11-6-8(2)10(13)7-9(11)12/h6-7,14H,3-5,13H2,1-2H3. The van der Waals surface area contributed by atoms with E-state index in [2.05, 4.69) is 34.2 Å². The normalized spacial score (nSPS) is 10.2. The van der Waals surface area contributed by atoms with Crippen LogP contribution in [0.2, 0.25) is 0 Å². The molecular formula is C11H17BrN2. The van der Waals surface area contributed by atoms with Gasteiger partial charge in [0.2, 0.25) is 0 Å². The van der Waals surface area contributed by atoms with Crippen LogP contribution in [0, 0.1) is 6.92 Å². The van der Waals surface area contributed by atoms with Crippen LogP contribution in [0.5, 0.6) is 0 Å². The average Bonchev–Trinajstić information content (AvgIpc) is 2.14. The molecular weight excluding hydrogens is 240 g/mol. The zero-order chi connectivity index (χ0) is 10.6. The highest BCUT2D eigenvalue weighted by Crippen LogP contribution is 2.27. The molecule has 0 aliphatic heterocycles. The number of anilines is 2. The van der Waals surface area contributed by atoms with Crippen LogP contribution in [0.15, 0.2) is 16.6 Å². The number of hydrogen-bond acceptors (Lipinski definition) is 2. The first kappa shape index (κ1) is 11.4. The zero-order valence-corrected chi connectivity index (χ0v) is 10.3. The Hall–Kier alpha value is -0.700. The number of nitrogens with two attached hydrogens (primary N) is 1. The molecule has 0 atom stereocenters. The zero-order valence-electron chi connectivity index (χ0n) is 8.73. The van der Waals surface area contributed by atoms with Gasteiger partial charge in [0.05, 0.1) is 0 Å². The molecule has 0 fully saturated rings. The summed E-state index contributed by atoms with van der Waals surface area (Å²) in [6.07, 6.45) is 2.40. The molecule has 14 heavy (non-hydrogen) atoms. The van der Waals surface area contributed by atoms with Gasteiger partial charge < -0.3 is 11.1 Å². The number of nitrogens with one attached hydrogen (secondary N) is 1. The summed E-state index contributed by atoms with van der Waals surface area (Å²) >= 11 is 3.49. The van der Waals surface area contributed by atoms with Gasteiger partial charge in [0.1, 0.15) is 0 Å². The van der Waals surface area contributed by atoms with E-state index >= 15 is 0 Å². The number of nitrogen functional groups attached to an aromatic ring is 1. The highest BCUT2D eigenvalue weighted by Gasteiger charge is 2.02. The Morgan fingerprint density at radius 3 is 2.79 bits per heavy atom. The molecule has 0 amide bonds. The lowest BCUT2D eigenvalue weighted by Crippen LogP contribution is -2.02. The molecule has 0 radical (unpaired) electrons. The van der Waals surface area contributed by atoms with E-state index in [1.807, 2.05) is 13.0 Å². The van der Waals surface area contributed by atoms with E-state index in [1.165, 1.54) is 12.8 Å². The molecule has 0 saturated heterocycles. The lowest BCUT2D eigenvalue weighted by atomic mass is 10.2. The van der Waals surface area contributed by atoms with Crippen molar-refractivity contribution in [1.82, 2.24) is 0 Å². The fourth-order valence-corrected chi connectivity index (χ4v) is 1.73. The molecule has 0 aromatic heterocycles. The van der Waals surface area contributed by atoms with Crippen LogP contribution in [0.4, 0.5) is 11.4 Å². The summed E-state index contributed by atoms with van der Waals surface area (Å²) in [4.78, 5) is 0. The second-order valence-electron chi connectivity index (χ2n) is 3.47. The van der Waals surface area contributed by atoms with Gasteiger partial charge in [-0.1, -0.05) is 13.3 Å². The van der Waals surface area contributed by atoms with Gasteiger partial charge in [-0.25, -0.2) is 0 Å². The molecule has 0 saturated carbocycles. The third kappa shape index (κ3) is 2.91. The lowest BCUT2D eigenvalue weighted by molar-refractivity contribution is 0.834. The number of halogens is 1. The van der Waals surface area contributed by atoms with Gasteiger partial charge in [-0.05, 0) is 47.0 Å². The Kier molecular flexibility index (Phi) is 4.26. The molecule has 0 aliphatic rings. The summed E-state index contributed by atoms with van der Waals surface area (Å²) in [5, 5.41) is 3.38. The Morgan fingerprint density at radius 2 is 2.14 bits per heavy atom. The molecule has 0 spiro atoms. The van der Waals surface area contributed by atoms with Crippen LogP contribution in [-0.2, 0) is 0 Å². The van der Waals surface area contributed by atoms with E-state index in [0.717, 1.165) is 28.0 Å². The van der Waals surface area contributed by atoms with Crippen LogP contribution in [-0.4, -0.2) is 6.54 Å². The van der Waals surface area contributed by atoms with E-state index in [1.54, 1.807) is 0 Å². The molecule has 3 N–H and O–H groups in total. The van der Waals surface area contributed by atoms with E-state index in [9.17, 15) is 0 Å². The molecule has 3 heteroatoms. The van der Waals surface area contributed by atoms with Crippen LogP contribution in [0.25, 0.3) is 0 Å². The topological polar surface area (TPSA) is 38.0 Å². The number of rotatable bonds is 4. The quantitative estimate of drug-likeness (QED) is 0.639. The summed E-state index contributed by atoms with van der Waals surface area (Å²) < 4.78 is 1.04. The minimum absolute atomic E-state index is 0.831. The van der Waals surface area contributed by atoms with Crippen LogP contribution in [0.1, 0.15) is 25.3 Å². The minimum atomic E-state index is 0.831. The highest BCUT2D eigenvalue weighted by atomic mass is 79.9. The number of aryl methyl sites for hydroxylation is 1. The molecule has 78 valence electrons. The van der Waals surface area contributed by atoms with Crippen LogP contribution >= 0.6 is 15.9 Å². The van der Waals surface area contributed by atoms with Crippen molar-refractivity contribution in [3.63, 3.8) is 0 Å². The largest absolute Gasteiger partial charge is 0.398 e. The van der Waals surface area contributed by atoms with Gasteiger partial charge in [-0.3, -0.25) is 0 Å². The second-order valence-corrected chi connectivity index (χ2v) is 4.32. The average molecular weight is 257 g/mol. The molecule has 0 bridgehead atoms. The monoisotopic (exact) mass is 256 g/mol. The van der Waals surface area contributed by atoms with Crippen molar-refractivity contribution < 1.29 is 0 Å². The fourth-order valence-electron chi connectivity index (χ4n) is 1.23. The van der Waals surface area contributed by atoms with E-state index in [-0.39, 0.29) is 0 Å². The maximum Gasteiger partial charge on any atom is 0.0488 e. The van der Waals surface area contributed by atoms with E-state index in [4.69, 9.17) is 5.73 Å². The third-order valence-electron chi connectivity index (χ3n) is 2.20. The second kappa shape index (κ2) is 5.25. The van der Waals surface area contributed by atoms with E-state index in [0.29, 0.717) is 0 Å². The van der Waals surface area contributed by atoms with Gasteiger partial charge in [0.15, 0.2) is 0 Å². The van der Waals surface area contributed by atoms with Crippen molar-refractivity contribution in [2.24, 2.45) is 0 Å². The maximum atomic E-state index is 5.79. The summed E-state index contributed by atoms with van der Waals surface area (Å²) in [6, 6.07) is 4.03. The number of hydrogen-bond donors (Lipinski definition) is 2. The van der Waals surface area contributed by atoms with Crippen molar-refractivity contribution in [2.75, 3.05) is 17.6 Å². The molecule has 2 nitrogen and oxygen atoms in total. The SMILES string of the molecule is CCCCNc1cc(C)c(N)cc1Br. The molecule has 1 rings (SSSR count). The number of unbranched alkanes of at least 4 members (excludes halogenated alkanes) is 1. The smallest absolute Gasteiger partial charge is 0.0488 e. The summed E-state index contributed by atoms with van der Waals surface area (Å²) in [5.41, 5.74) is 8.87. The first-order chi connectivity index (χ1) is 6.65. The lowest BCUT2D eigenvalue weighted by Gasteiger charge is -2.10. The molecule has 0 heterocycles. The van der Waals surface area contributed by atoms with Crippen LogP contribution in [0.3, 0.4) is 0 Å². The highest BCUT2D eigenvalue weighted by molar-refractivity contribution is 9.10. The van der Waals surface area contributed by atoms with Crippen LogP contribution < -0.4 is 11.1 Å². The molecule has 1 aromatic rings. The Labute approximate surface area is 94.0 Å².